The van der Waals surface area contributed by atoms with Gasteiger partial charge in [-0.15, -0.1) is 5.10 Å². The van der Waals surface area contributed by atoms with Crippen molar-refractivity contribution in [3.05, 3.63) is 11.4 Å². The lowest BCUT2D eigenvalue weighted by molar-refractivity contribution is 0.110. The van der Waals surface area contributed by atoms with E-state index in [1.165, 1.54) is 38.5 Å². The van der Waals surface area contributed by atoms with E-state index in [2.05, 4.69) is 10.3 Å². The number of hydrogen-bond acceptors (Lipinski definition) is 3. The van der Waals surface area contributed by atoms with Gasteiger partial charge in [-0.25, -0.2) is 4.68 Å². The van der Waals surface area contributed by atoms with E-state index < -0.39 is 0 Å². The molecule has 0 spiro atoms. The third-order valence-corrected chi connectivity index (χ3v) is 4.28. The standard InChI is InChI=1S/C13H19N3O/c17-9-12-13(10-5-2-1-3-6-10)14-15-16(12)11-7-4-8-11/h9-11H,1-8H2. The Kier molecular flexibility index (Phi) is 2.95. The summed E-state index contributed by atoms with van der Waals surface area (Å²) in [6, 6.07) is 0.431. The summed E-state index contributed by atoms with van der Waals surface area (Å²) in [6.07, 6.45) is 10.7. The Morgan fingerprint density at radius 1 is 1.06 bits per heavy atom. The second-order valence-electron chi connectivity index (χ2n) is 5.34. The summed E-state index contributed by atoms with van der Waals surface area (Å²) in [5, 5.41) is 8.51. The van der Waals surface area contributed by atoms with Crippen LogP contribution in [0.25, 0.3) is 0 Å². The van der Waals surface area contributed by atoms with Crippen molar-refractivity contribution in [2.45, 2.75) is 63.3 Å². The molecular weight excluding hydrogens is 214 g/mol. The third-order valence-electron chi connectivity index (χ3n) is 4.28. The highest BCUT2D eigenvalue weighted by Gasteiger charge is 2.28. The number of aldehydes is 1. The highest BCUT2D eigenvalue weighted by Crippen LogP contribution is 2.36. The molecule has 0 N–H and O–H groups in total. The Labute approximate surface area is 101 Å². The molecule has 1 aromatic heterocycles. The molecule has 4 nitrogen and oxygen atoms in total. The first-order valence-corrected chi connectivity index (χ1v) is 6.80. The average molecular weight is 233 g/mol. The zero-order valence-electron chi connectivity index (χ0n) is 10.1. The normalized spacial score (nSPS) is 22.4. The molecule has 92 valence electrons. The van der Waals surface area contributed by atoms with Crippen molar-refractivity contribution in [1.82, 2.24) is 15.0 Å². The van der Waals surface area contributed by atoms with Crippen LogP contribution in [0.15, 0.2) is 0 Å². The van der Waals surface area contributed by atoms with Crippen LogP contribution in [0.4, 0.5) is 0 Å². The highest BCUT2D eigenvalue weighted by atomic mass is 16.1. The molecule has 2 aliphatic rings. The van der Waals surface area contributed by atoms with Crippen LogP contribution >= 0.6 is 0 Å². The van der Waals surface area contributed by atoms with Gasteiger partial charge in [0.2, 0.25) is 0 Å². The Bertz CT molecular complexity index is 403. The van der Waals surface area contributed by atoms with Crippen molar-refractivity contribution in [1.29, 1.82) is 0 Å². The number of hydrogen-bond donors (Lipinski definition) is 0. The summed E-state index contributed by atoms with van der Waals surface area (Å²) in [4.78, 5) is 11.3. The van der Waals surface area contributed by atoms with Crippen LogP contribution in [0, 0.1) is 0 Å². The molecule has 2 saturated carbocycles. The number of carbonyl (C=O) groups excluding carboxylic acids is 1. The lowest BCUT2D eigenvalue weighted by Gasteiger charge is -2.26. The van der Waals surface area contributed by atoms with Gasteiger partial charge in [0.15, 0.2) is 6.29 Å². The molecule has 0 amide bonds. The lowest BCUT2D eigenvalue weighted by Crippen LogP contribution is -2.20. The Hall–Kier alpha value is -1.19. The predicted octanol–water partition coefficient (Wildman–Crippen LogP) is 2.86. The molecule has 1 heterocycles. The number of rotatable bonds is 3. The maximum atomic E-state index is 11.3. The predicted molar refractivity (Wildman–Crippen MR) is 64.1 cm³/mol. The molecule has 0 aliphatic heterocycles. The molecule has 0 saturated heterocycles. The third kappa shape index (κ3) is 1.90. The van der Waals surface area contributed by atoms with Gasteiger partial charge in [-0.1, -0.05) is 24.5 Å². The lowest BCUT2D eigenvalue weighted by atomic mass is 9.86. The molecule has 2 fully saturated rings. The SMILES string of the molecule is O=Cc1c(C2CCCCC2)nnn1C1CCC1. The highest BCUT2D eigenvalue weighted by molar-refractivity contribution is 5.74. The van der Waals surface area contributed by atoms with E-state index in [0.29, 0.717) is 12.0 Å². The van der Waals surface area contributed by atoms with Crippen molar-refractivity contribution < 1.29 is 4.79 Å². The van der Waals surface area contributed by atoms with Crippen LogP contribution in [0.1, 0.15) is 79.5 Å². The van der Waals surface area contributed by atoms with E-state index in [1.54, 1.807) is 0 Å². The molecule has 2 aliphatic carbocycles. The zero-order chi connectivity index (χ0) is 11.7. The molecule has 4 heteroatoms. The van der Waals surface area contributed by atoms with Crippen molar-refractivity contribution in [3.8, 4) is 0 Å². The van der Waals surface area contributed by atoms with Crippen LogP contribution in [0.3, 0.4) is 0 Å². The fraction of sp³-hybridized carbons (Fsp3) is 0.769. The molecule has 0 aromatic carbocycles. The van der Waals surface area contributed by atoms with Gasteiger partial charge >= 0.3 is 0 Å². The second-order valence-corrected chi connectivity index (χ2v) is 5.34. The minimum Gasteiger partial charge on any atom is -0.296 e. The van der Waals surface area contributed by atoms with E-state index >= 15 is 0 Å². The molecule has 0 bridgehead atoms. The Balaban J connectivity index is 1.87. The topological polar surface area (TPSA) is 47.8 Å². The van der Waals surface area contributed by atoms with Gasteiger partial charge in [0, 0.05) is 5.92 Å². The largest absolute Gasteiger partial charge is 0.296 e. The van der Waals surface area contributed by atoms with Crippen LogP contribution in [-0.4, -0.2) is 21.3 Å². The minimum absolute atomic E-state index is 0.431. The molecule has 1 aromatic rings. The first kappa shape index (κ1) is 10.9. The van der Waals surface area contributed by atoms with Crippen molar-refractivity contribution in [3.63, 3.8) is 0 Å². The van der Waals surface area contributed by atoms with Crippen LogP contribution in [-0.2, 0) is 0 Å². The van der Waals surface area contributed by atoms with Gasteiger partial charge in [-0.2, -0.15) is 0 Å². The summed E-state index contributed by atoms with van der Waals surface area (Å²) in [5.74, 6) is 0.470. The van der Waals surface area contributed by atoms with Gasteiger partial charge in [0.05, 0.1) is 11.7 Å². The molecule has 3 rings (SSSR count). The molecule has 0 atom stereocenters. The fourth-order valence-corrected chi connectivity index (χ4v) is 3.00. The molecule has 0 radical (unpaired) electrons. The second kappa shape index (κ2) is 4.59. The van der Waals surface area contributed by atoms with Gasteiger partial charge < -0.3 is 0 Å². The first-order chi connectivity index (χ1) is 8.40. The Morgan fingerprint density at radius 2 is 1.82 bits per heavy atom. The van der Waals surface area contributed by atoms with Gasteiger partial charge in [-0.05, 0) is 32.1 Å². The maximum Gasteiger partial charge on any atom is 0.170 e. The summed E-state index contributed by atoms with van der Waals surface area (Å²) < 4.78 is 1.88. The molecule has 17 heavy (non-hydrogen) atoms. The van der Waals surface area contributed by atoms with E-state index in [-0.39, 0.29) is 0 Å². The maximum absolute atomic E-state index is 11.3. The number of carbonyl (C=O) groups is 1. The Morgan fingerprint density at radius 3 is 2.41 bits per heavy atom. The van der Waals surface area contributed by atoms with E-state index in [0.717, 1.165) is 30.5 Å². The number of nitrogens with zero attached hydrogens (tertiary/aromatic N) is 3. The molecular formula is C13H19N3O. The summed E-state index contributed by atoms with van der Waals surface area (Å²) in [7, 11) is 0. The quantitative estimate of drug-likeness (QED) is 0.754. The fourth-order valence-electron chi connectivity index (χ4n) is 3.00. The summed E-state index contributed by atoms with van der Waals surface area (Å²) >= 11 is 0. The van der Waals surface area contributed by atoms with Crippen LogP contribution in [0.2, 0.25) is 0 Å². The van der Waals surface area contributed by atoms with E-state index in [9.17, 15) is 4.79 Å². The van der Waals surface area contributed by atoms with Crippen molar-refractivity contribution in [2.24, 2.45) is 0 Å². The van der Waals surface area contributed by atoms with Gasteiger partial charge in [-0.3, -0.25) is 4.79 Å². The number of aromatic nitrogens is 3. The van der Waals surface area contributed by atoms with E-state index in [1.807, 2.05) is 4.68 Å². The van der Waals surface area contributed by atoms with E-state index in [4.69, 9.17) is 0 Å². The average Bonchev–Trinajstić information content (AvgIpc) is 2.71. The summed E-state index contributed by atoms with van der Waals surface area (Å²) in [5.41, 5.74) is 1.72. The van der Waals surface area contributed by atoms with Gasteiger partial charge in [0.1, 0.15) is 5.69 Å². The van der Waals surface area contributed by atoms with Crippen molar-refractivity contribution in [2.75, 3.05) is 0 Å². The summed E-state index contributed by atoms with van der Waals surface area (Å²) in [6.45, 7) is 0. The first-order valence-electron chi connectivity index (χ1n) is 6.80. The zero-order valence-corrected chi connectivity index (χ0v) is 10.1. The van der Waals surface area contributed by atoms with Crippen LogP contribution in [0.5, 0.6) is 0 Å². The van der Waals surface area contributed by atoms with Crippen molar-refractivity contribution >= 4 is 6.29 Å². The smallest absolute Gasteiger partial charge is 0.170 e. The minimum atomic E-state index is 0.431. The monoisotopic (exact) mass is 233 g/mol. The van der Waals surface area contributed by atoms with Gasteiger partial charge in [0.25, 0.3) is 0 Å². The molecule has 0 unspecified atom stereocenters. The van der Waals surface area contributed by atoms with Crippen LogP contribution < -0.4 is 0 Å².